The Balaban J connectivity index is 1.43. The number of hydrogen-bond acceptors (Lipinski definition) is 3. The molecule has 0 saturated carbocycles. The van der Waals surface area contributed by atoms with E-state index in [-0.39, 0.29) is 5.91 Å². The minimum atomic E-state index is -0.0455. The van der Waals surface area contributed by atoms with E-state index >= 15 is 0 Å². The van der Waals surface area contributed by atoms with E-state index < -0.39 is 0 Å². The van der Waals surface area contributed by atoms with Crippen molar-refractivity contribution in [1.82, 2.24) is 20.0 Å². The molecule has 5 nitrogen and oxygen atoms in total. The van der Waals surface area contributed by atoms with E-state index in [9.17, 15) is 4.79 Å². The van der Waals surface area contributed by atoms with Crippen molar-refractivity contribution in [3.8, 4) is 0 Å². The number of para-hydroxylation sites is 1. The molecule has 0 aliphatic carbocycles. The first-order chi connectivity index (χ1) is 11.6. The number of carbonyl (C=O) groups is 1. The van der Waals surface area contributed by atoms with E-state index in [0.717, 1.165) is 17.4 Å². The summed E-state index contributed by atoms with van der Waals surface area (Å²) in [7, 11) is 4.15. The summed E-state index contributed by atoms with van der Waals surface area (Å²) in [6.45, 7) is 0.768. The molecule has 0 radical (unpaired) electrons. The molecule has 128 valence electrons. The molecule has 2 aromatic rings. The molecule has 2 fully saturated rings. The lowest BCUT2D eigenvalue weighted by atomic mass is 9.79. The van der Waals surface area contributed by atoms with Gasteiger partial charge in [-0.3, -0.25) is 9.48 Å². The number of nitrogens with zero attached hydrogens (tertiary/aromatic N) is 3. The molecule has 4 rings (SSSR count). The molecule has 2 bridgehead atoms. The summed E-state index contributed by atoms with van der Waals surface area (Å²) in [4.78, 5) is 15.2. The molecule has 1 amide bonds. The summed E-state index contributed by atoms with van der Waals surface area (Å²) in [5, 5.41) is 8.49. The van der Waals surface area contributed by atoms with Crippen LogP contribution in [-0.2, 0) is 7.05 Å². The van der Waals surface area contributed by atoms with Gasteiger partial charge in [0.2, 0.25) is 0 Å². The number of hydrogen-bond donors (Lipinski definition) is 1. The maximum Gasteiger partial charge on any atom is 0.272 e. The van der Waals surface area contributed by atoms with Crippen molar-refractivity contribution in [1.29, 1.82) is 0 Å². The number of aromatic nitrogens is 2. The summed E-state index contributed by atoms with van der Waals surface area (Å²) in [5.41, 5.74) is 1.54. The van der Waals surface area contributed by atoms with Crippen LogP contribution in [0.25, 0.3) is 10.9 Å². The Kier molecular flexibility index (Phi) is 4.04. The Hall–Kier alpha value is -1.88. The van der Waals surface area contributed by atoms with E-state index in [2.05, 4.69) is 22.4 Å². The van der Waals surface area contributed by atoms with Gasteiger partial charge in [-0.05, 0) is 44.7 Å². The van der Waals surface area contributed by atoms with Crippen molar-refractivity contribution >= 4 is 16.8 Å². The van der Waals surface area contributed by atoms with Gasteiger partial charge in [0.15, 0.2) is 5.69 Å². The summed E-state index contributed by atoms with van der Waals surface area (Å²) in [6, 6.07) is 9.31. The molecular weight excluding hydrogens is 300 g/mol. The van der Waals surface area contributed by atoms with Gasteiger partial charge in [0.1, 0.15) is 0 Å². The molecule has 3 heterocycles. The first kappa shape index (κ1) is 15.6. The van der Waals surface area contributed by atoms with Gasteiger partial charge in [-0.15, -0.1) is 0 Å². The number of nitrogens with one attached hydrogen (secondary N) is 1. The Morgan fingerprint density at radius 3 is 2.67 bits per heavy atom. The van der Waals surface area contributed by atoms with Gasteiger partial charge in [-0.2, -0.15) is 5.10 Å². The molecule has 2 aliphatic rings. The Morgan fingerprint density at radius 2 is 1.92 bits per heavy atom. The normalized spacial score (nSPS) is 27.3. The highest BCUT2D eigenvalue weighted by Crippen LogP contribution is 2.35. The molecule has 2 atom stereocenters. The SMILES string of the molecule is CN1C2CCCC1CC(CNC(=O)c1nn(C)c3ccccc13)C2. The molecule has 1 aromatic heterocycles. The Bertz CT molecular complexity index is 739. The first-order valence-corrected chi connectivity index (χ1v) is 9.05. The number of carbonyl (C=O) groups excluding carboxylic acids is 1. The Morgan fingerprint density at radius 1 is 1.21 bits per heavy atom. The lowest BCUT2D eigenvalue weighted by Gasteiger charge is -2.47. The largest absolute Gasteiger partial charge is 0.350 e. The summed E-state index contributed by atoms with van der Waals surface area (Å²) >= 11 is 0. The molecule has 1 aromatic carbocycles. The van der Waals surface area contributed by atoms with Crippen LogP contribution in [0.3, 0.4) is 0 Å². The molecule has 2 saturated heterocycles. The number of fused-ring (bicyclic) bond motifs is 3. The lowest BCUT2D eigenvalue weighted by Crippen LogP contribution is -2.51. The third kappa shape index (κ3) is 2.71. The maximum atomic E-state index is 12.6. The fourth-order valence-electron chi connectivity index (χ4n) is 4.60. The molecule has 2 aliphatic heterocycles. The molecule has 5 heteroatoms. The quantitative estimate of drug-likeness (QED) is 0.943. The molecule has 2 unspecified atom stereocenters. The zero-order valence-corrected chi connectivity index (χ0v) is 14.5. The van der Waals surface area contributed by atoms with Crippen LogP contribution in [0.5, 0.6) is 0 Å². The second kappa shape index (κ2) is 6.20. The fraction of sp³-hybridized carbons (Fsp3) is 0.579. The van der Waals surface area contributed by atoms with Crippen molar-refractivity contribution in [2.75, 3.05) is 13.6 Å². The first-order valence-electron chi connectivity index (χ1n) is 9.05. The fourth-order valence-corrected chi connectivity index (χ4v) is 4.60. The van der Waals surface area contributed by atoms with E-state index in [1.165, 1.54) is 32.1 Å². The average Bonchev–Trinajstić information content (AvgIpc) is 2.91. The lowest BCUT2D eigenvalue weighted by molar-refractivity contribution is 0.0362. The van der Waals surface area contributed by atoms with Crippen LogP contribution in [0, 0.1) is 5.92 Å². The van der Waals surface area contributed by atoms with Gasteiger partial charge < -0.3 is 10.2 Å². The van der Waals surface area contributed by atoms with Gasteiger partial charge in [0, 0.05) is 31.1 Å². The smallest absolute Gasteiger partial charge is 0.272 e. The standard InChI is InChI=1S/C19H26N4O/c1-22-14-6-5-7-15(22)11-13(10-14)12-20-19(24)18-16-8-3-4-9-17(16)23(2)21-18/h3-4,8-9,13-15H,5-7,10-12H2,1-2H3,(H,20,24). The topological polar surface area (TPSA) is 50.2 Å². The Labute approximate surface area is 143 Å². The molecule has 0 spiro atoms. The second-order valence-corrected chi connectivity index (χ2v) is 7.44. The number of aryl methyl sites for hydroxylation is 1. The van der Waals surface area contributed by atoms with E-state index in [4.69, 9.17) is 0 Å². The average molecular weight is 326 g/mol. The van der Waals surface area contributed by atoms with Crippen molar-refractivity contribution in [2.24, 2.45) is 13.0 Å². The minimum Gasteiger partial charge on any atom is -0.350 e. The predicted octanol–water partition coefficient (Wildman–Crippen LogP) is 2.57. The zero-order chi connectivity index (χ0) is 16.7. The second-order valence-electron chi connectivity index (χ2n) is 7.44. The van der Waals surface area contributed by atoms with Crippen LogP contribution in [0.15, 0.2) is 24.3 Å². The van der Waals surface area contributed by atoms with Gasteiger partial charge in [0.25, 0.3) is 5.91 Å². The number of amides is 1. The van der Waals surface area contributed by atoms with Crippen LogP contribution < -0.4 is 5.32 Å². The summed E-state index contributed by atoms with van der Waals surface area (Å²) in [6.07, 6.45) is 6.38. The van der Waals surface area contributed by atoms with E-state index in [1.807, 2.05) is 31.3 Å². The van der Waals surface area contributed by atoms with E-state index in [0.29, 0.717) is 23.7 Å². The number of piperidine rings is 2. The number of benzene rings is 1. The number of rotatable bonds is 3. The van der Waals surface area contributed by atoms with Crippen LogP contribution in [-0.4, -0.2) is 46.3 Å². The van der Waals surface area contributed by atoms with Crippen molar-refractivity contribution in [3.05, 3.63) is 30.0 Å². The molecule has 24 heavy (non-hydrogen) atoms. The highest BCUT2D eigenvalue weighted by Gasteiger charge is 2.35. The van der Waals surface area contributed by atoms with Crippen LogP contribution in [0.2, 0.25) is 0 Å². The van der Waals surface area contributed by atoms with Crippen LogP contribution in [0.4, 0.5) is 0 Å². The van der Waals surface area contributed by atoms with Gasteiger partial charge in [0.05, 0.1) is 5.52 Å². The van der Waals surface area contributed by atoms with E-state index in [1.54, 1.807) is 4.68 Å². The van der Waals surface area contributed by atoms with Crippen LogP contribution >= 0.6 is 0 Å². The third-order valence-corrected chi connectivity index (χ3v) is 5.96. The molecular formula is C19H26N4O. The van der Waals surface area contributed by atoms with Crippen molar-refractivity contribution < 1.29 is 4.79 Å². The highest BCUT2D eigenvalue weighted by molar-refractivity contribution is 6.04. The van der Waals surface area contributed by atoms with Crippen molar-refractivity contribution in [2.45, 2.75) is 44.2 Å². The van der Waals surface area contributed by atoms with Gasteiger partial charge >= 0.3 is 0 Å². The monoisotopic (exact) mass is 326 g/mol. The van der Waals surface area contributed by atoms with Crippen LogP contribution in [0.1, 0.15) is 42.6 Å². The maximum absolute atomic E-state index is 12.6. The molecule has 1 N–H and O–H groups in total. The summed E-state index contributed by atoms with van der Waals surface area (Å²) < 4.78 is 1.78. The minimum absolute atomic E-state index is 0.0455. The van der Waals surface area contributed by atoms with Gasteiger partial charge in [-0.1, -0.05) is 24.6 Å². The predicted molar refractivity (Wildman–Crippen MR) is 95.0 cm³/mol. The zero-order valence-electron chi connectivity index (χ0n) is 14.5. The summed E-state index contributed by atoms with van der Waals surface area (Å²) in [5.74, 6) is 0.548. The van der Waals surface area contributed by atoms with Crippen molar-refractivity contribution in [3.63, 3.8) is 0 Å². The highest BCUT2D eigenvalue weighted by atomic mass is 16.1. The third-order valence-electron chi connectivity index (χ3n) is 5.96. The van der Waals surface area contributed by atoms with Gasteiger partial charge in [-0.25, -0.2) is 0 Å².